The van der Waals surface area contributed by atoms with E-state index in [0.29, 0.717) is 10.9 Å². The molecule has 1 amide bonds. The highest BCUT2D eigenvalue weighted by Gasteiger charge is 2.20. The second kappa shape index (κ2) is 11.2. The van der Waals surface area contributed by atoms with Crippen LogP contribution in [0.2, 0.25) is 0 Å². The third-order valence-corrected chi connectivity index (χ3v) is 7.32. The molecule has 0 unspecified atom stereocenters. The molecule has 2 heterocycles. The van der Waals surface area contributed by atoms with Crippen LogP contribution in [0.25, 0.3) is 11.0 Å². The van der Waals surface area contributed by atoms with E-state index in [1.165, 1.54) is 47.5 Å². The number of hydrogen-bond donors (Lipinski definition) is 3. The Balaban J connectivity index is 1.78. The van der Waals surface area contributed by atoms with Crippen LogP contribution in [0.5, 0.6) is 5.75 Å². The smallest absolute Gasteiger partial charge is 0.414 e. The molecule has 0 spiro atoms. The Morgan fingerprint density at radius 1 is 1.16 bits per heavy atom. The van der Waals surface area contributed by atoms with Gasteiger partial charge in [0.15, 0.2) is 5.82 Å². The molecule has 3 N–H and O–H groups in total. The minimum absolute atomic E-state index is 0.0984. The first kappa shape index (κ1) is 27.1. The van der Waals surface area contributed by atoms with Crippen LogP contribution in [0.15, 0.2) is 62.4 Å². The zero-order chi connectivity index (χ0) is 27.4. The molecule has 4 rings (SSSR count). The van der Waals surface area contributed by atoms with Gasteiger partial charge in [0.2, 0.25) is 0 Å². The molecule has 2 aromatic heterocycles. The summed E-state index contributed by atoms with van der Waals surface area (Å²) in [4.78, 5) is 26.4. The molecule has 0 aliphatic carbocycles. The number of thiophene rings is 1. The van der Waals surface area contributed by atoms with Crippen LogP contribution in [0.4, 0.5) is 20.6 Å². The summed E-state index contributed by atoms with van der Waals surface area (Å²) in [5.41, 5.74) is 0.943. The topological polar surface area (TPSA) is 130 Å². The molecule has 0 fully saturated rings. The Hall–Kier alpha value is -3.94. The van der Waals surface area contributed by atoms with Crippen molar-refractivity contribution in [3.05, 3.63) is 86.2 Å². The number of nitrogens with one attached hydrogen (secondary N) is 3. The normalized spacial score (nSPS) is 11.4. The number of fused-ring (bicyclic) bond motifs is 1. The minimum Gasteiger partial charge on any atom is -0.422 e. The molecular weight excluding hydrogens is 535 g/mol. The molecule has 0 aliphatic rings. The van der Waals surface area contributed by atoms with E-state index in [0.717, 1.165) is 5.69 Å². The fourth-order valence-electron chi connectivity index (χ4n) is 3.66. The Labute approximate surface area is 222 Å². The zero-order valence-electron chi connectivity index (χ0n) is 20.7. The number of halogens is 1. The Kier molecular flexibility index (Phi) is 7.99. The number of nitrogens with zero attached hydrogens (tertiary/aromatic N) is 1. The predicted molar refractivity (Wildman–Crippen MR) is 145 cm³/mol. The second-order valence-corrected chi connectivity index (χ2v) is 10.8. The number of anilines is 2. The van der Waals surface area contributed by atoms with Gasteiger partial charge >= 0.3 is 11.7 Å². The number of ether oxygens (including phenoxy) is 1. The van der Waals surface area contributed by atoms with Crippen molar-refractivity contribution in [1.29, 1.82) is 0 Å². The highest BCUT2D eigenvalue weighted by molar-refractivity contribution is 7.90. The number of benzene rings is 2. The fraction of sp³-hybridized carbons (Fsp3) is 0.200. The van der Waals surface area contributed by atoms with Crippen LogP contribution in [0.3, 0.4) is 0 Å². The number of carbonyl (C=O) groups excluding carboxylic acids is 1. The van der Waals surface area contributed by atoms with Crippen LogP contribution < -0.4 is 25.1 Å². The van der Waals surface area contributed by atoms with E-state index in [1.54, 1.807) is 26.2 Å². The van der Waals surface area contributed by atoms with Crippen molar-refractivity contribution in [3.8, 4) is 5.75 Å². The summed E-state index contributed by atoms with van der Waals surface area (Å²) in [5.74, 6) is -0.618. The lowest BCUT2D eigenvalue weighted by Gasteiger charge is -2.15. The van der Waals surface area contributed by atoms with Gasteiger partial charge in [0.1, 0.15) is 11.3 Å². The summed E-state index contributed by atoms with van der Waals surface area (Å²) in [6.45, 7) is 0.221. The first-order valence-electron chi connectivity index (χ1n) is 11.3. The van der Waals surface area contributed by atoms with Crippen LogP contribution in [0, 0.1) is 5.82 Å². The summed E-state index contributed by atoms with van der Waals surface area (Å²) in [5, 5.41) is 7.63. The Bertz CT molecular complexity index is 1640. The monoisotopic (exact) mass is 560 g/mol. The van der Waals surface area contributed by atoms with E-state index in [1.807, 2.05) is 16.8 Å². The zero-order valence-corrected chi connectivity index (χ0v) is 22.3. The van der Waals surface area contributed by atoms with Crippen LogP contribution in [-0.2, 0) is 23.2 Å². The van der Waals surface area contributed by atoms with Crippen LogP contribution in [0.1, 0.15) is 16.7 Å². The van der Waals surface area contributed by atoms with E-state index >= 15 is 4.39 Å². The third kappa shape index (κ3) is 6.13. The van der Waals surface area contributed by atoms with Gasteiger partial charge < -0.3 is 19.4 Å². The maximum Gasteiger partial charge on any atom is 0.414 e. The van der Waals surface area contributed by atoms with E-state index in [4.69, 9.17) is 9.15 Å². The highest BCUT2D eigenvalue weighted by Crippen LogP contribution is 2.29. The van der Waals surface area contributed by atoms with Crippen molar-refractivity contribution in [2.24, 2.45) is 0 Å². The predicted octanol–water partition coefficient (Wildman–Crippen LogP) is 4.13. The first-order valence-corrected chi connectivity index (χ1v) is 13.7. The van der Waals surface area contributed by atoms with Gasteiger partial charge in [-0.2, -0.15) is 19.8 Å². The number of rotatable bonds is 9. The molecule has 200 valence electrons. The van der Waals surface area contributed by atoms with Crippen molar-refractivity contribution < 1.29 is 26.8 Å². The lowest BCUT2D eigenvalue weighted by Crippen LogP contribution is -2.27. The van der Waals surface area contributed by atoms with Gasteiger partial charge in [-0.05, 0) is 40.8 Å². The number of carbonyl (C=O) groups is 1. The minimum atomic E-state index is -3.95. The number of hydrogen-bond acceptors (Lipinski definition) is 8. The first-order chi connectivity index (χ1) is 18.1. The van der Waals surface area contributed by atoms with Gasteiger partial charge in [-0.1, -0.05) is 12.1 Å². The standard InChI is InChI=1S/C25H25FN4O6S2/c1-27-38(33,34)29-21-6-4-5-15(23(21)26)11-19-20(13-28-16-9-10-37-14-16)18-8-7-17(35-25(32)30(2)3)12-22(18)36-24(19)31/h4-10,12,14,27-29H,11,13H2,1-3H3. The Morgan fingerprint density at radius 2 is 1.95 bits per heavy atom. The third-order valence-electron chi connectivity index (χ3n) is 5.61. The van der Waals surface area contributed by atoms with Gasteiger partial charge in [0, 0.05) is 62.2 Å². The molecule has 0 saturated heterocycles. The summed E-state index contributed by atoms with van der Waals surface area (Å²) in [6, 6.07) is 10.8. The van der Waals surface area contributed by atoms with E-state index in [2.05, 4.69) is 14.8 Å². The maximum absolute atomic E-state index is 15.3. The molecule has 0 aliphatic heterocycles. The van der Waals surface area contributed by atoms with E-state index in [9.17, 15) is 18.0 Å². The van der Waals surface area contributed by atoms with Crippen molar-refractivity contribution in [1.82, 2.24) is 9.62 Å². The summed E-state index contributed by atoms with van der Waals surface area (Å²) >= 11 is 1.50. The average Bonchev–Trinajstić information content (AvgIpc) is 3.39. The van der Waals surface area contributed by atoms with E-state index < -0.39 is 27.7 Å². The molecule has 38 heavy (non-hydrogen) atoms. The SMILES string of the molecule is CNS(=O)(=O)Nc1cccc(Cc2c(CNc3ccsc3)c3ccc(OC(=O)N(C)C)cc3oc2=O)c1F. The lowest BCUT2D eigenvalue weighted by atomic mass is 9.97. The lowest BCUT2D eigenvalue weighted by molar-refractivity contribution is 0.172. The maximum atomic E-state index is 15.3. The highest BCUT2D eigenvalue weighted by atomic mass is 32.2. The molecule has 13 heteroatoms. The van der Waals surface area contributed by atoms with Gasteiger partial charge in [-0.3, -0.25) is 4.72 Å². The van der Waals surface area contributed by atoms with Gasteiger partial charge in [0.05, 0.1) is 5.69 Å². The molecule has 0 atom stereocenters. The number of amides is 1. The molecule has 4 aromatic rings. The largest absolute Gasteiger partial charge is 0.422 e. The molecule has 0 saturated carbocycles. The molecule has 0 radical (unpaired) electrons. The summed E-state index contributed by atoms with van der Waals surface area (Å²) in [7, 11) is 0.335. The van der Waals surface area contributed by atoms with Crippen LogP contribution in [-0.4, -0.2) is 40.6 Å². The fourth-order valence-corrected chi connectivity index (χ4v) is 4.82. The average molecular weight is 561 g/mol. The van der Waals surface area contributed by atoms with Crippen molar-refractivity contribution >= 4 is 50.0 Å². The van der Waals surface area contributed by atoms with Crippen molar-refractivity contribution in [3.63, 3.8) is 0 Å². The van der Waals surface area contributed by atoms with E-state index in [-0.39, 0.29) is 41.1 Å². The molecule has 2 aromatic carbocycles. The van der Waals surface area contributed by atoms with Gasteiger partial charge in [-0.25, -0.2) is 18.7 Å². The molecular formula is C25H25FN4O6S2. The summed E-state index contributed by atoms with van der Waals surface area (Å²) < 4.78 is 54.1. The van der Waals surface area contributed by atoms with Gasteiger partial charge in [-0.15, -0.1) is 0 Å². The molecule has 0 bridgehead atoms. The Morgan fingerprint density at radius 3 is 2.63 bits per heavy atom. The van der Waals surface area contributed by atoms with Crippen molar-refractivity contribution in [2.75, 3.05) is 31.2 Å². The van der Waals surface area contributed by atoms with Gasteiger partial charge in [0.25, 0.3) is 10.2 Å². The van der Waals surface area contributed by atoms with Crippen molar-refractivity contribution in [2.45, 2.75) is 13.0 Å². The summed E-state index contributed by atoms with van der Waals surface area (Å²) in [6.07, 6.45) is -0.746. The second-order valence-electron chi connectivity index (χ2n) is 8.40. The quantitative estimate of drug-likeness (QED) is 0.263. The molecule has 10 nitrogen and oxygen atoms in total. The van der Waals surface area contributed by atoms with Crippen LogP contribution >= 0.6 is 11.3 Å².